The van der Waals surface area contributed by atoms with Crippen LogP contribution in [0.2, 0.25) is 5.28 Å². The second-order valence-corrected chi connectivity index (χ2v) is 5.29. The summed E-state index contributed by atoms with van der Waals surface area (Å²) < 4.78 is 40.2. The highest BCUT2D eigenvalue weighted by Crippen LogP contribution is 2.32. The fourth-order valence-corrected chi connectivity index (χ4v) is 2.85. The van der Waals surface area contributed by atoms with Gasteiger partial charge in [-0.25, -0.2) is 9.97 Å². The third kappa shape index (κ3) is 3.08. The quantitative estimate of drug-likeness (QED) is 0.626. The van der Waals surface area contributed by atoms with Crippen molar-refractivity contribution in [3.05, 3.63) is 41.0 Å². The Bertz CT molecular complexity index is 786. The van der Waals surface area contributed by atoms with E-state index in [1.165, 1.54) is 35.6 Å². The van der Waals surface area contributed by atoms with E-state index in [0.717, 1.165) is 10.2 Å². The zero-order valence-electron chi connectivity index (χ0n) is 10.2. The van der Waals surface area contributed by atoms with Crippen LogP contribution in [0.15, 0.2) is 35.7 Å². The van der Waals surface area contributed by atoms with Gasteiger partial charge in [-0.05, 0) is 47.3 Å². The van der Waals surface area contributed by atoms with E-state index in [0.29, 0.717) is 11.3 Å². The Morgan fingerprint density at radius 3 is 2.43 bits per heavy atom. The van der Waals surface area contributed by atoms with E-state index in [2.05, 4.69) is 14.7 Å². The van der Waals surface area contributed by atoms with Gasteiger partial charge < -0.3 is 4.74 Å². The Hall–Kier alpha value is -1.86. The smallest absolute Gasteiger partial charge is 0.406 e. The van der Waals surface area contributed by atoms with E-state index in [1.54, 1.807) is 0 Å². The van der Waals surface area contributed by atoms with Crippen molar-refractivity contribution >= 4 is 33.2 Å². The molecule has 2 aromatic heterocycles. The first-order valence-corrected chi connectivity index (χ1v) is 6.95. The SMILES string of the molecule is FC(F)(F)Oc1ccc(-c2nc(Cl)nc3sccc23)cc1. The molecule has 0 N–H and O–H groups in total. The van der Waals surface area contributed by atoms with Gasteiger partial charge in [0.2, 0.25) is 5.28 Å². The molecule has 1 aromatic carbocycles. The number of nitrogens with zero attached hydrogens (tertiary/aromatic N) is 2. The second-order valence-electron chi connectivity index (χ2n) is 4.05. The van der Waals surface area contributed by atoms with Gasteiger partial charge in [0.25, 0.3) is 0 Å². The molecule has 0 aliphatic rings. The first-order valence-electron chi connectivity index (χ1n) is 5.69. The van der Waals surface area contributed by atoms with E-state index >= 15 is 0 Å². The molecule has 0 spiro atoms. The van der Waals surface area contributed by atoms with Crippen LogP contribution in [0.4, 0.5) is 13.2 Å². The summed E-state index contributed by atoms with van der Waals surface area (Å²) in [5.74, 6) is -0.284. The number of aromatic nitrogens is 2. The molecule has 0 fully saturated rings. The largest absolute Gasteiger partial charge is 0.573 e. The summed E-state index contributed by atoms with van der Waals surface area (Å²) in [6.07, 6.45) is -4.71. The summed E-state index contributed by atoms with van der Waals surface area (Å²) in [6, 6.07) is 7.30. The van der Waals surface area contributed by atoms with Gasteiger partial charge in [0.05, 0.1) is 5.69 Å². The van der Waals surface area contributed by atoms with Crippen molar-refractivity contribution in [2.75, 3.05) is 0 Å². The molecule has 0 saturated carbocycles. The van der Waals surface area contributed by atoms with Crippen LogP contribution < -0.4 is 4.74 Å². The van der Waals surface area contributed by atoms with Crippen LogP contribution in [-0.2, 0) is 0 Å². The number of fused-ring (bicyclic) bond motifs is 1. The van der Waals surface area contributed by atoms with Crippen molar-refractivity contribution in [2.24, 2.45) is 0 Å². The molecule has 3 rings (SSSR count). The van der Waals surface area contributed by atoms with Crippen molar-refractivity contribution in [1.29, 1.82) is 0 Å². The standard InChI is InChI=1S/C13H6ClF3N2OS/c14-12-18-10(9-5-6-21-11(9)19-12)7-1-3-8(4-2-7)20-13(15,16)17/h1-6H. The normalized spacial score (nSPS) is 11.8. The highest BCUT2D eigenvalue weighted by Gasteiger charge is 2.31. The topological polar surface area (TPSA) is 35.0 Å². The molecule has 0 saturated heterocycles. The summed E-state index contributed by atoms with van der Waals surface area (Å²) in [5.41, 5.74) is 1.21. The third-order valence-corrected chi connectivity index (χ3v) is 3.63. The summed E-state index contributed by atoms with van der Waals surface area (Å²) in [5, 5.41) is 2.74. The average molecular weight is 331 g/mol. The highest BCUT2D eigenvalue weighted by molar-refractivity contribution is 7.16. The highest BCUT2D eigenvalue weighted by atomic mass is 35.5. The number of rotatable bonds is 2. The number of ether oxygens (including phenoxy) is 1. The number of alkyl halides is 3. The Balaban J connectivity index is 2.01. The molecule has 8 heteroatoms. The fraction of sp³-hybridized carbons (Fsp3) is 0.0769. The second kappa shape index (κ2) is 5.16. The van der Waals surface area contributed by atoms with Crippen LogP contribution >= 0.6 is 22.9 Å². The lowest BCUT2D eigenvalue weighted by atomic mass is 10.1. The Labute approximate surface area is 126 Å². The summed E-state index contributed by atoms with van der Waals surface area (Å²) >= 11 is 7.27. The predicted octanol–water partition coefficient (Wildman–Crippen LogP) is 4.91. The molecule has 21 heavy (non-hydrogen) atoms. The van der Waals surface area contributed by atoms with Gasteiger partial charge in [0, 0.05) is 10.9 Å². The third-order valence-electron chi connectivity index (χ3n) is 2.66. The maximum Gasteiger partial charge on any atom is 0.573 e. The molecule has 0 radical (unpaired) electrons. The lowest BCUT2D eigenvalue weighted by molar-refractivity contribution is -0.274. The molecule has 108 valence electrons. The van der Waals surface area contributed by atoms with Gasteiger partial charge in [0.15, 0.2) is 0 Å². The lowest BCUT2D eigenvalue weighted by Gasteiger charge is -2.09. The molecule has 0 aliphatic carbocycles. The maximum atomic E-state index is 12.1. The van der Waals surface area contributed by atoms with Crippen molar-refractivity contribution < 1.29 is 17.9 Å². The van der Waals surface area contributed by atoms with Crippen LogP contribution in [0.1, 0.15) is 0 Å². The van der Waals surface area contributed by atoms with Crippen LogP contribution in [0.5, 0.6) is 5.75 Å². The van der Waals surface area contributed by atoms with E-state index in [9.17, 15) is 13.2 Å². The van der Waals surface area contributed by atoms with Gasteiger partial charge in [-0.3, -0.25) is 0 Å². The molecule has 0 bridgehead atoms. The van der Waals surface area contributed by atoms with Gasteiger partial charge in [-0.2, -0.15) is 0 Å². The van der Waals surface area contributed by atoms with E-state index in [-0.39, 0.29) is 11.0 Å². The molecule has 3 nitrogen and oxygen atoms in total. The minimum Gasteiger partial charge on any atom is -0.406 e. The van der Waals surface area contributed by atoms with Crippen molar-refractivity contribution in [1.82, 2.24) is 9.97 Å². The zero-order chi connectivity index (χ0) is 15.0. The van der Waals surface area contributed by atoms with Gasteiger partial charge >= 0.3 is 6.36 Å². The number of hydrogen-bond acceptors (Lipinski definition) is 4. The average Bonchev–Trinajstić information content (AvgIpc) is 2.85. The first kappa shape index (κ1) is 14.1. The van der Waals surface area contributed by atoms with E-state index in [4.69, 9.17) is 11.6 Å². The van der Waals surface area contributed by atoms with Gasteiger partial charge in [-0.1, -0.05) is 0 Å². The van der Waals surface area contributed by atoms with E-state index in [1.807, 2.05) is 11.4 Å². The summed E-state index contributed by atoms with van der Waals surface area (Å²) in [7, 11) is 0. The van der Waals surface area contributed by atoms with Crippen molar-refractivity contribution in [2.45, 2.75) is 6.36 Å². The van der Waals surface area contributed by atoms with Gasteiger partial charge in [-0.15, -0.1) is 24.5 Å². The molecule has 0 unspecified atom stereocenters. The van der Waals surface area contributed by atoms with Crippen molar-refractivity contribution in [3.8, 4) is 17.0 Å². The number of hydrogen-bond donors (Lipinski definition) is 0. The molecular formula is C13H6ClF3N2OS. The van der Waals surface area contributed by atoms with E-state index < -0.39 is 6.36 Å². The van der Waals surface area contributed by atoms with Crippen LogP contribution in [-0.4, -0.2) is 16.3 Å². The molecule has 0 atom stereocenters. The predicted molar refractivity (Wildman–Crippen MR) is 74.5 cm³/mol. The Morgan fingerprint density at radius 2 is 1.76 bits per heavy atom. The zero-order valence-corrected chi connectivity index (χ0v) is 11.8. The Kier molecular flexibility index (Phi) is 3.46. The number of halogens is 4. The molecule has 0 aliphatic heterocycles. The van der Waals surface area contributed by atoms with Gasteiger partial charge in [0.1, 0.15) is 10.6 Å². The number of thiophene rings is 1. The maximum absolute atomic E-state index is 12.1. The first-order chi connectivity index (χ1) is 9.92. The number of benzene rings is 1. The van der Waals surface area contributed by atoms with Crippen LogP contribution in [0, 0.1) is 0 Å². The molecule has 3 aromatic rings. The fourth-order valence-electron chi connectivity index (χ4n) is 1.86. The minimum absolute atomic E-state index is 0.0931. The summed E-state index contributed by atoms with van der Waals surface area (Å²) in [4.78, 5) is 8.96. The molecule has 2 heterocycles. The van der Waals surface area contributed by atoms with Crippen LogP contribution in [0.3, 0.4) is 0 Å². The van der Waals surface area contributed by atoms with Crippen LogP contribution in [0.25, 0.3) is 21.5 Å². The minimum atomic E-state index is -4.71. The molecular weight excluding hydrogens is 325 g/mol. The Morgan fingerprint density at radius 1 is 1.05 bits per heavy atom. The molecule has 0 amide bonds. The lowest BCUT2D eigenvalue weighted by Crippen LogP contribution is -2.16. The summed E-state index contributed by atoms with van der Waals surface area (Å²) in [6.45, 7) is 0. The van der Waals surface area contributed by atoms with Crippen molar-refractivity contribution in [3.63, 3.8) is 0 Å². The monoisotopic (exact) mass is 330 g/mol.